The highest BCUT2D eigenvalue weighted by Gasteiger charge is 2.18. The van der Waals surface area contributed by atoms with Gasteiger partial charge in [-0.15, -0.1) is 11.3 Å². The summed E-state index contributed by atoms with van der Waals surface area (Å²) in [6, 6.07) is 10.9. The van der Waals surface area contributed by atoms with Crippen LogP contribution in [0.15, 0.2) is 63.5 Å². The van der Waals surface area contributed by atoms with Crippen LogP contribution in [0, 0.1) is 11.6 Å². The number of fused-ring (bicyclic) bond motifs is 1. The van der Waals surface area contributed by atoms with Crippen LogP contribution in [0.5, 0.6) is 0 Å². The second-order valence-corrected chi connectivity index (χ2v) is 7.98. The fourth-order valence-corrected chi connectivity index (χ4v) is 4.16. The first kappa shape index (κ1) is 21.0. The number of hydrogen-bond donors (Lipinski definition) is 1. The van der Waals surface area contributed by atoms with Crippen LogP contribution in [0.25, 0.3) is 10.2 Å². The zero-order valence-electron chi connectivity index (χ0n) is 15.8. The highest BCUT2D eigenvalue weighted by molar-refractivity contribution is 7.17. The minimum atomic E-state index is -0.764. The molecule has 0 aliphatic heterocycles. The van der Waals surface area contributed by atoms with E-state index in [-0.39, 0.29) is 33.0 Å². The van der Waals surface area contributed by atoms with Gasteiger partial charge in [-0.1, -0.05) is 29.8 Å². The normalized spacial score (nSPS) is 11.1. The van der Waals surface area contributed by atoms with Gasteiger partial charge in [-0.25, -0.2) is 13.6 Å². The van der Waals surface area contributed by atoms with E-state index in [1.54, 1.807) is 17.5 Å². The summed E-state index contributed by atoms with van der Waals surface area (Å²) < 4.78 is 29.8. The van der Waals surface area contributed by atoms with Crippen LogP contribution in [-0.4, -0.2) is 15.0 Å². The van der Waals surface area contributed by atoms with Crippen molar-refractivity contribution in [2.45, 2.75) is 13.1 Å². The summed E-state index contributed by atoms with van der Waals surface area (Å²) in [5.74, 6) is -1.78. The van der Waals surface area contributed by atoms with Crippen molar-refractivity contribution < 1.29 is 13.6 Å². The van der Waals surface area contributed by atoms with Gasteiger partial charge in [0.05, 0.1) is 22.8 Å². The van der Waals surface area contributed by atoms with Crippen molar-refractivity contribution in [2.24, 2.45) is 0 Å². The third-order valence-corrected chi connectivity index (χ3v) is 5.85. The molecular formula is C21H14ClF2N3O3S. The topological polar surface area (TPSA) is 73.1 Å². The molecule has 10 heteroatoms. The molecule has 158 valence electrons. The monoisotopic (exact) mass is 461 g/mol. The van der Waals surface area contributed by atoms with Crippen molar-refractivity contribution in [1.29, 1.82) is 0 Å². The zero-order valence-corrected chi connectivity index (χ0v) is 17.3. The van der Waals surface area contributed by atoms with Gasteiger partial charge in [-0.3, -0.25) is 18.7 Å². The average Bonchev–Trinajstić information content (AvgIpc) is 3.22. The summed E-state index contributed by atoms with van der Waals surface area (Å²) in [7, 11) is 0. The molecule has 4 aromatic rings. The summed E-state index contributed by atoms with van der Waals surface area (Å²) in [6.45, 7) is -0.730. The smallest absolute Gasteiger partial charge is 0.323 e. The van der Waals surface area contributed by atoms with Gasteiger partial charge >= 0.3 is 5.69 Å². The van der Waals surface area contributed by atoms with Gasteiger partial charge in [-0.2, -0.15) is 0 Å². The number of nitrogens with zero attached hydrogens (tertiary/aromatic N) is 2. The van der Waals surface area contributed by atoms with E-state index >= 15 is 0 Å². The lowest BCUT2D eigenvalue weighted by molar-refractivity contribution is -0.116. The average molecular weight is 462 g/mol. The molecule has 2 aromatic heterocycles. The second-order valence-electron chi connectivity index (χ2n) is 6.66. The Hall–Kier alpha value is -3.30. The molecule has 6 nitrogen and oxygen atoms in total. The van der Waals surface area contributed by atoms with Gasteiger partial charge < -0.3 is 5.32 Å². The molecule has 0 aliphatic carbocycles. The van der Waals surface area contributed by atoms with E-state index in [1.165, 1.54) is 24.3 Å². The molecule has 0 radical (unpaired) electrons. The van der Waals surface area contributed by atoms with Crippen LogP contribution in [0.1, 0.15) is 5.56 Å². The van der Waals surface area contributed by atoms with Crippen molar-refractivity contribution in [1.82, 2.24) is 9.13 Å². The molecule has 2 aromatic carbocycles. The summed E-state index contributed by atoms with van der Waals surface area (Å²) >= 11 is 7.09. The highest BCUT2D eigenvalue weighted by atomic mass is 35.5. The maximum atomic E-state index is 14.1. The number of halogens is 3. The van der Waals surface area contributed by atoms with E-state index in [2.05, 4.69) is 5.32 Å². The Balaban J connectivity index is 1.74. The molecular weight excluding hydrogens is 448 g/mol. The van der Waals surface area contributed by atoms with E-state index in [0.717, 1.165) is 32.6 Å². The van der Waals surface area contributed by atoms with Gasteiger partial charge in [0.15, 0.2) is 0 Å². The van der Waals surface area contributed by atoms with Crippen molar-refractivity contribution in [3.05, 3.63) is 97.0 Å². The molecule has 4 rings (SSSR count). The first-order chi connectivity index (χ1) is 14.8. The van der Waals surface area contributed by atoms with Gasteiger partial charge in [0.25, 0.3) is 5.56 Å². The quantitative estimate of drug-likeness (QED) is 0.490. The van der Waals surface area contributed by atoms with Crippen molar-refractivity contribution in [3.63, 3.8) is 0 Å². The minimum Gasteiger partial charge on any atom is -0.323 e. The van der Waals surface area contributed by atoms with Crippen LogP contribution in [-0.2, 0) is 17.9 Å². The molecule has 0 saturated carbocycles. The number of carbonyl (C=O) groups is 1. The van der Waals surface area contributed by atoms with E-state index in [9.17, 15) is 23.2 Å². The molecule has 1 N–H and O–H groups in total. The molecule has 0 fully saturated rings. The highest BCUT2D eigenvalue weighted by Crippen LogP contribution is 2.22. The van der Waals surface area contributed by atoms with Crippen molar-refractivity contribution in [2.75, 3.05) is 5.32 Å². The molecule has 0 bridgehead atoms. The number of benzene rings is 2. The number of rotatable bonds is 5. The third kappa shape index (κ3) is 4.14. The van der Waals surface area contributed by atoms with Gasteiger partial charge in [0.2, 0.25) is 5.91 Å². The summed E-state index contributed by atoms with van der Waals surface area (Å²) in [5, 5.41) is 4.22. The van der Waals surface area contributed by atoms with E-state index in [1.807, 2.05) is 0 Å². The molecule has 1 amide bonds. The van der Waals surface area contributed by atoms with Crippen LogP contribution in [0.2, 0.25) is 5.02 Å². The molecule has 0 aliphatic rings. The van der Waals surface area contributed by atoms with Crippen LogP contribution < -0.4 is 16.6 Å². The predicted molar refractivity (Wildman–Crippen MR) is 116 cm³/mol. The van der Waals surface area contributed by atoms with Gasteiger partial charge in [0.1, 0.15) is 22.9 Å². The Labute approximate surface area is 182 Å². The third-order valence-electron chi connectivity index (χ3n) is 4.63. The predicted octanol–water partition coefficient (Wildman–Crippen LogP) is 3.84. The van der Waals surface area contributed by atoms with Crippen LogP contribution in [0.3, 0.4) is 0 Å². The van der Waals surface area contributed by atoms with Gasteiger partial charge in [-0.05, 0) is 35.7 Å². The van der Waals surface area contributed by atoms with Gasteiger partial charge in [0, 0.05) is 5.56 Å². The first-order valence-electron chi connectivity index (χ1n) is 9.04. The van der Waals surface area contributed by atoms with Crippen molar-refractivity contribution >= 4 is 44.7 Å². The first-order valence-corrected chi connectivity index (χ1v) is 10.3. The molecule has 0 unspecified atom stereocenters. The number of anilines is 1. The zero-order chi connectivity index (χ0) is 22.1. The Morgan fingerprint density at radius 1 is 1.06 bits per heavy atom. The van der Waals surface area contributed by atoms with E-state index in [0.29, 0.717) is 0 Å². The largest absolute Gasteiger partial charge is 0.332 e. The lowest BCUT2D eigenvalue weighted by atomic mass is 10.2. The molecule has 0 spiro atoms. The Kier molecular flexibility index (Phi) is 5.71. The van der Waals surface area contributed by atoms with E-state index < -0.39 is 35.3 Å². The Morgan fingerprint density at radius 3 is 2.61 bits per heavy atom. The number of hydrogen-bond acceptors (Lipinski definition) is 4. The maximum Gasteiger partial charge on any atom is 0.332 e. The lowest BCUT2D eigenvalue weighted by Gasteiger charge is -2.13. The molecule has 2 heterocycles. The van der Waals surface area contributed by atoms with Crippen molar-refractivity contribution in [3.8, 4) is 0 Å². The van der Waals surface area contributed by atoms with Crippen LogP contribution >= 0.6 is 22.9 Å². The number of nitrogens with one attached hydrogen (secondary N) is 1. The summed E-state index contributed by atoms with van der Waals surface area (Å²) in [6.07, 6.45) is 0. The molecule has 31 heavy (non-hydrogen) atoms. The lowest BCUT2D eigenvalue weighted by Crippen LogP contribution is -2.41. The summed E-state index contributed by atoms with van der Waals surface area (Å²) in [5.41, 5.74) is -0.825. The summed E-state index contributed by atoms with van der Waals surface area (Å²) in [4.78, 5) is 38.5. The fourth-order valence-electron chi connectivity index (χ4n) is 3.15. The maximum absolute atomic E-state index is 14.1. The Morgan fingerprint density at radius 2 is 1.84 bits per heavy atom. The number of thiophene rings is 1. The Bertz CT molecular complexity index is 1430. The van der Waals surface area contributed by atoms with E-state index in [4.69, 9.17) is 11.6 Å². The number of carbonyl (C=O) groups excluding carboxylic acids is 1. The number of aromatic nitrogens is 2. The second kappa shape index (κ2) is 8.44. The fraction of sp³-hybridized carbons (Fsp3) is 0.0952. The minimum absolute atomic E-state index is 0.0564. The standard InChI is InChI=1S/C21H14ClF2N3O3S/c22-14-6-5-13(23)9-16(14)25-18(28)11-26-17-7-8-31-19(17)20(29)27(21(26)30)10-12-3-1-2-4-15(12)24/h1-9H,10-11H2,(H,25,28). The molecule has 0 atom stereocenters. The molecule has 0 saturated heterocycles. The SMILES string of the molecule is O=C(Cn1c(=O)n(Cc2ccccc2F)c(=O)c2sccc21)Nc1cc(F)ccc1Cl. The van der Waals surface area contributed by atoms with Crippen LogP contribution in [0.4, 0.5) is 14.5 Å². The number of amides is 1.